The molecule has 1 atom stereocenters. The van der Waals surface area contributed by atoms with Gasteiger partial charge in [-0.3, -0.25) is 0 Å². The van der Waals surface area contributed by atoms with Gasteiger partial charge in [-0.15, -0.1) is 24.8 Å². The van der Waals surface area contributed by atoms with Crippen molar-refractivity contribution in [2.45, 2.75) is 55.7 Å². The standard InChI is InChI=1S/C9H13.C6H7.C3H6.2ClH.H3Si.Zr/c1-6-5-7(2)9(4)8(6)3;1-6-4-2-3-5-6;1-3-2;;;;/h6H,1-4H3;4-5H,2H2,1H3;1-3H2;2*1H;1H3;. The fourth-order valence-corrected chi connectivity index (χ4v) is 34.6. The average Bonchev–Trinajstić information content (AvgIpc) is 2.88. The van der Waals surface area contributed by atoms with Crippen LogP contribution in [0.25, 0.3) is 0 Å². The molecule has 3 rings (SSSR count). The van der Waals surface area contributed by atoms with Crippen LogP contribution in [0.2, 0.25) is 8.26 Å². The molecule has 4 heteroatoms. The molecule has 0 N–H and O–H groups in total. The fraction of sp³-hybridized carbons (Fsp3) is 0.556. The van der Waals surface area contributed by atoms with Crippen molar-refractivity contribution in [3.8, 4) is 0 Å². The molecule has 22 heavy (non-hydrogen) atoms. The minimum absolute atomic E-state index is 0. The molecule has 0 bridgehead atoms. The summed E-state index contributed by atoms with van der Waals surface area (Å²) in [5, 5.41) is 0. The molecule has 0 aromatic carbocycles. The molecule has 0 radical (unpaired) electrons. The first-order valence-corrected chi connectivity index (χ1v) is 22.5. The van der Waals surface area contributed by atoms with Gasteiger partial charge in [0, 0.05) is 0 Å². The van der Waals surface area contributed by atoms with Crippen LogP contribution in [0.1, 0.15) is 47.5 Å². The monoisotopic (exact) mass is 435 g/mol. The Morgan fingerprint density at radius 2 is 1.64 bits per heavy atom. The summed E-state index contributed by atoms with van der Waals surface area (Å²) in [6, 6.07) is 0. The molecule has 0 aromatic rings. The van der Waals surface area contributed by atoms with Gasteiger partial charge in [0.15, 0.2) is 0 Å². The van der Waals surface area contributed by atoms with E-state index >= 15 is 0 Å². The van der Waals surface area contributed by atoms with Gasteiger partial charge in [-0.25, -0.2) is 0 Å². The van der Waals surface area contributed by atoms with Crippen LogP contribution in [0.3, 0.4) is 0 Å². The molecule has 0 amide bonds. The minimum Gasteiger partial charge on any atom is -0.147 e. The molecule has 0 nitrogen and oxygen atoms in total. The summed E-state index contributed by atoms with van der Waals surface area (Å²) in [6.45, 7) is 12.0. The van der Waals surface area contributed by atoms with E-state index in [4.69, 9.17) is 0 Å². The summed E-state index contributed by atoms with van der Waals surface area (Å²) in [5.74, 6) is 0.750. The Balaban J connectivity index is 0.00000121. The molecular weight excluding hydrogens is 406 g/mol. The third-order valence-electron chi connectivity index (χ3n) is 7.11. The maximum Gasteiger partial charge on any atom is -0.147 e. The van der Waals surface area contributed by atoms with E-state index in [1.807, 2.05) is 6.56 Å². The largest absolute Gasteiger partial charge is 0.147 e. The summed E-state index contributed by atoms with van der Waals surface area (Å²) < 4.78 is 7.18. The first-order chi connectivity index (χ1) is 9.28. The van der Waals surface area contributed by atoms with Crippen molar-refractivity contribution in [3.05, 3.63) is 41.0 Å². The summed E-state index contributed by atoms with van der Waals surface area (Å²) >= 11 is -2.68. The molecule has 1 saturated heterocycles. The van der Waals surface area contributed by atoms with Gasteiger partial charge in [-0.05, 0) is 0 Å². The predicted octanol–water partition coefficient (Wildman–Crippen LogP) is 5.53. The van der Waals surface area contributed by atoms with Crippen molar-refractivity contribution in [1.82, 2.24) is 0 Å². The first kappa shape index (κ1) is 20.7. The Bertz CT molecular complexity index is 621. The predicted molar refractivity (Wildman–Crippen MR) is 105 cm³/mol. The smallest absolute Gasteiger partial charge is 0.147 e. The summed E-state index contributed by atoms with van der Waals surface area (Å²) in [5.41, 5.74) is 6.52. The average molecular weight is 438 g/mol. The van der Waals surface area contributed by atoms with Crippen LogP contribution in [-0.4, -0.2) is 7.37 Å². The molecule has 2 aliphatic carbocycles. The van der Waals surface area contributed by atoms with E-state index in [1.54, 1.807) is 25.0 Å². The SMILES string of the molecule is CC1=CC[C]([Zr]2([SiH3])([C]3=C(C)C(C)=C(C)C3C)[CH2]C[CH2]2)=C1.Cl.Cl. The molecule has 1 fully saturated rings. The Labute approximate surface area is 151 Å². The van der Waals surface area contributed by atoms with E-state index in [1.165, 1.54) is 25.8 Å². The van der Waals surface area contributed by atoms with Gasteiger partial charge in [0.1, 0.15) is 0 Å². The van der Waals surface area contributed by atoms with Crippen LogP contribution in [0.5, 0.6) is 0 Å². The zero-order valence-corrected chi connectivity index (χ0v) is 21.0. The van der Waals surface area contributed by atoms with Crippen LogP contribution >= 0.6 is 24.8 Å². The van der Waals surface area contributed by atoms with Crippen LogP contribution < -0.4 is 0 Å². The van der Waals surface area contributed by atoms with Gasteiger partial charge in [0.05, 0.1) is 0 Å². The zero-order valence-electron chi connectivity index (χ0n) is 14.9. The van der Waals surface area contributed by atoms with E-state index < -0.39 is 17.9 Å². The van der Waals surface area contributed by atoms with Crippen LogP contribution in [0.4, 0.5) is 0 Å². The third kappa shape index (κ3) is 2.57. The Kier molecular flexibility index (Phi) is 6.12. The first-order valence-electron chi connectivity index (χ1n) is 8.24. The van der Waals surface area contributed by atoms with Gasteiger partial charge in [-0.1, -0.05) is 0 Å². The number of allylic oxidation sites excluding steroid dienone is 8. The van der Waals surface area contributed by atoms with Crippen molar-refractivity contribution in [2.24, 2.45) is 5.92 Å². The number of rotatable bonds is 2. The van der Waals surface area contributed by atoms with E-state index in [0.717, 1.165) is 5.92 Å². The molecule has 1 heterocycles. The minimum atomic E-state index is -2.68. The van der Waals surface area contributed by atoms with Crippen molar-refractivity contribution >= 4 is 32.2 Å². The Morgan fingerprint density at radius 3 is 1.95 bits per heavy atom. The second-order valence-corrected chi connectivity index (χ2v) is 38.9. The molecule has 3 aliphatic rings. The van der Waals surface area contributed by atoms with Crippen LogP contribution in [-0.2, 0) is 17.9 Å². The maximum absolute atomic E-state index is 2.68. The number of halogens is 2. The van der Waals surface area contributed by atoms with Crippen molar-refractivity contribution in [1.29, 1.82) is 0 Å². The summed E-state index contributed by atoms with van der Waals surface area (Å²) in [7, 11) is 1.47. The van der Waals surface area contributed by atoms with Gasteiger partial charge in [-0.2, -0.15) is 0 Å². The van der Waals surface area contributed by atoms with Gasteiger partial charge in [0.2, 0.25) is 0 Å². The van der Waals surface area contributed by atoms with Crippen molar-refractivity contribution < 1.29 is 17.9 Å². The van der Waals surface area contributed by atoms with Crippen LogP contribution in [0, 0.1) is 5.92 Å². The van der Waals surface area contributed by atoms with Crippen molar-refractivity contribution in [2.75, 3.05) is 0 Å². The van der Waals surface area contributed by atoms with E-state index in [9.17, 15) is 0 Å². The maximum atomic E-state index is 2.60. The molecule has 0 aromatic heterocycles. The van der Waals surface area contributed by atoms with Crippen LogP contribution in [0.15, 0.2) is 41.0 Å². The van der Waals surface area contributed by atoms with E-state index in [2.05, 4.69) is 46.8 Å². The topological polar surface area (TPSA) is 0 Å². The zero-order chi connectivity index (χ0) is 14.7. The molecule has 1 aliphatic heterocycles. The Morgan fingerprint density at radius 1 is 1.05 bits per heavy atom. The summed E-state index contributed by atoms with van der Waals surface area (Å²) in [4.78, 5) is 0. The number of hydrogen-bond acceptors (Lipinski definition) is 0. The molecule has 1 unspecified atom stereocenters. The summed E-state index contributed by atoms with van der Waals surface area (Å²) in [6.07, 6.45) is 7.89. The van der Waals surface area contributed by atoms with Gasteiger partial charge < -0.3 is 0 Å². The number of hydrogen-bond donors (Lipinski definition) is 0. The van der Waals surface area contributed by atoms with Crippen molar-refractivity contribution in [3.63, 3.8) is 0 Å². The van der Waals surface area contributed by atoms with Gasteiger partial charge in [0.25, 0.3) is 0 Å². The molecule has 0 spiro atoms. The molecule has 0 saturated carbocycles. The quantitative estimate of drug-likeness (QED) is 0.498. The second kappa shape index (κ2) is 6.51. The normalized spacial score (nSPS) is 30.6. The van der Waals surface area contributed by atoms with E-state index in [-0.39, 0.29) is 24.8 Å². The second-order valence-electron chi connectivity index (χ2n) is 8.03. The molecule has 125 valence electrons. The molecular formula is C18H31Cl2SiZr. The van der Waals surface area contributed by atoms with Gasteiger partial charge >= 0.3 is 128 Å². The Hall–Kier alpha value is 0.640. The van der Waals surface area contributed by atoms with E-state index in [0.29, 0.717) is 0 Å². The third-order valence-corrected chi connectivity index (χ3v) is 39.7. The fourth-order valence-electron chi connectivity index (χ4n) is 5.36.